The molecule has 9 heteroatoms. The van der Waals surface area contributed by atoms with Gasteiger partial charge in [0.1, 0.15) is 16.4 Å². The van der Waals surface area contributed by atoms with Crippen molar-refractivity contribution in [2.45, 2.75) is 4.34 Å². The number of carbonyl (C=O) groups is 2. The second-order valence-corrected chi connectivity index (χ2v) is 8.24. The van der Waals surface area contributed by atoms with Crippen LogP contribution in [-0.4, -0.2) is 29.7 Å². The maximum Gasteiger partial charge on any atom is 0.260 e. The van der Waals surface area contributed by atoms with Gasteiger partial charge in [-0.25, -0.2) is 4.98 Å². The van der Waals surface area contributed by atoms with E-state index in [4.69, 9.17) is 22.1 Å². The number of hydrogen-bond acceptors (Lipinski definition) is 6. The molecule has 3 aromatic rings. The Morgan fingerprint density at radius 1 is 1.25 bits per heavy atom. The Balaban J connectivity index is 1.95. The number of rotatable bonds is 7. The number of halogens is 1. The minimum absolute atomic E-state index is 0.108. The lowest BCUT2D eigenvalue weighted by molar-refractivity contribution is -0.115. The van der Waals surface area contributed by atoms with Crippen molar-refractivity contribution in [3.05, 3.63) is 59.1 Å². The van der Waals surface area contributed by atoms with Crippen LogP contribution in [0.4, 0.5) is 5.00 Å². The number of nitrogens with one attached hydrogen (secondary N) is 1. The summed E-state index contributed by atoms with van der Waals surface area (Å²) in [6.45, 7) is 0. The number of carbonyl (C=O) groups excluding carboxylic acids is 2. The van der Waals surface area contributed by atoms with Gasteiger partial charge < -0.3 is 15.8 Å². The molecule has 2 amide bonds. The van der Waals surface area contributed by atoms with Gasteiger partial charge in [-0.05, 0) is 18.2 Å². The summed E-state index contributed by atoms with van der Waals surface area (Å²) in [6, 6.07) is 14.3. The number of nitrogens with zero attached hydrogens (tertiary/aromatic N) is 1. The molecule has 28 heavy (non-hydrogen) atoms. The van der Waals surface area contributed by atoms with Crippen molar-refractivity contribution < 1.29 is 14.3 Å². The van der Waals surface area contributed by atoms with E-state index in [9.17, 15) is 9.59 Å². The van der Waals surface area contributed by atoms with Gasteiger partial charge in [0, 0.05) is 10.6 Å². The lowest BCUT2D eigenvalue weighted by atomic mass is 10.1. The number of thioether (sulfide) groups is 1. The van der Waals surface area contributed by atoms with Crippen LogP contribution in [0.2, 0.25) is 5.02 Å². The van der Waals surface area contributed by atoms with Crippen LogP contribution < -0.4 is 15.8 Å². The van der Waals surface area contributed by atoms with E-state index in [-0.39, 0.29) is 11.7 Å². The number of nitrogens with two attached hydrogens (primary N) is 1. The van der Waals surface area contributed by atoms with Crippen molar-refractivity contribution in [2.24, 2.45) is 5.73 Å². The molecule has 1 heterocycles. The molecule has 0 spiro atoms. The number of aromatic nitrogens is 1. The molecule has 0 unspecified atom stereocenters. The normalized spacial score (nSPS) is 10.5. The van der Waals surface area contributed by atoms with Crippen molar-refractivity contribution in [2.75, 3.05) is 18.2 Å². The second-order valence-electron chi connectivity index (χ2n) is 5.58. The molecular weight excluding hydrogens is 418 g/mol. The van der Waals surface area contributed by atoms with Crippen LogP contribution in [0.5, 0.6) is 5.75 Å². The van der Waals surface area contributed by atoms with Crippen LogP contribution in [0.1, 0.15) is 10.4 Å². The zero-order valence-electron chi connectivity index (χ0n) is 14.8. The van der Waals surface area contributed by atoms with Crippen molar-refractivity contribution >= 4 is 51.5 Å². The molecule has 0 aliphatic heterocycles. The lowest BCUT2D eigenvalue weighted by Crippen LogP contribution is -2.13. The van der Waals surface area contributed by atoms with E-state index in [2.05, 4.69) is 10.3 Å². The zero-order valence-corrected chi connectivity index (χ0v) is 17.2. The molecule has 0 aliphatic carbocycles. The molecule has 2 aromatic carbocycles. The smallest absolute Gasteiger partial charge is 0.260 e. The number of ether oxygens (including phenoxy) is 1. The molecule has 3 N–H and O–H groups in total. The van der Waals surface area contributed by atoms with Crippen molar-refractivity contribution in [1.29, 1.82) is 0 Å². The summed E-state index contributed by atoms with van der Waals surface area (Å²) in [6.07, 6.45) is 0. The van der Waals surface area contributed by atoms with Gasteiger partial charge in [0.2, 0.25) is 5.91 Å². The average molecular weight is 434 g/mol. The third-order valence-electron chi connectivity index (χ3n) is 3.63. The number of benzene rings is 2. The summed E-state index contributed by atoms with van der Waals surface area (Å²) < 4.78 is 5.89. The maximum atomic E-state index is 12.9. The fourth-order valence-electron chi connectivity index (χ4n) is 2.40. The predicted octanol–water partition coefficient (Wildman–Crippen LogP) is 4.30. The number of primary amides is 1. The third-order valence-corrected chi connectivity index (χ3v) is 6.00. The first-order valence-electron chi connectivity index (χ1n) is 8.10. The molecule has 144 valence electrons. The topological polar surface area (TPSA) is 94.3 Å². The van der Waals surface area contributed by atoms with Crippen LogP contribution in [0, 0.1) is 0 Å². The zero-order chi connectivity index (χ0) is 20.1. The Labute approximate surface area is 175 Å². The standard InChI is InChI=1S/C19H16ClN3O3S2/c1-26-14-8-7-12(20)9-13(14)17(25)23-18-16(11-5-3-2-4-6-11)22-19(28-18)27-10-15(21)24/h2-9H,10H2,1H3,(H2,21,24)(H,23,25). The van der Waals surface area contributed by atoms with Gasteiger partial charge in [-0.1, -0.05) is 65.0 Å². The first kappa shape index (κ1) is 20.2. The van der Waals surface area contributed by atoms with Gasteiger partial charge in [-0.2, -0.15) is 0 Å². The number of methoxy groups -OCH3 is 1. The minimum Gasteiger partial charge on any atom is -0.496 e. The monoisotopic (exact) mass is 433 g/mol. The summed E-state index contributed by atoms with van der Waals surface area (Å²) in [5.74, 6) is -0.282. The molecule has 0 saturated heterocycles. The Kier molecular flexibility index (Phi) is 6.56. The largest absolute Gasteiger partial charge is 0.496 e. The Morgan fingerprint density at radius 3 is 2.68 bits per heavy atom. The van der Waals surface area contributed by atoms with Crippen molar-refractivity contribution in [3.8, 4) is 17.0 Å². The first-order chi connectivity index (χ1) is 13.5. The third kappa shape index (κ3) is 4.83. The van der Waals surface area contributed by atoms with Crippen LogP contribution in [0.25, 0.3) is 11.3 Å². The van der Waals surface area contributed by atoms with Crippen LogP contribution >= 0.6 is 34.7 Å². The molecule has 3 rings (SSSR count). The van der Waals surface area contributed by atoms with E-state index < -0.39 is 5.91 Å². The van der Waals surface area contributed by atoms with E-state index in [0.29, 0.717) is 31.4 Å². The first-order valence-corrected chi connectivity index (χ1v) is 10.3. The van der Waals surface area contributed by atoms with Gasteiger partial charge in [-0.15, -0.1) is 0 Å². The molecular formula is C19H16ClN3O3S2. The van der Waals surface area contributed by atoms with E-state index in [1.54, 1.807) is 18.2 Å². The van der Waals surface area contributed by atoms with Gasteiger partial charge in [0.15, 0.2) is 4.34 Å². The van der Waals surface area contributed by atoms with Gasteiger partial charge in [-0.3, -0.25) is 9.59 Å². The quantitative estimate of drug-likeness (QED) is 0.541. The van der Waals surface area contributed by atoms with Crippen molar-refractivity contribution in [1.82, 2.24) is 4.98 Å². The highest BCUT2D eigenvalue weighted by Gasteiger charge is 2.19. The van der Waals surface area contributed by atoms with E-state index in [0.717, 1.165) is 5.56 Å². The van der Waals surface area contributed by atoms with E-state index >= 15 is 0 Å². The van der Waals surface area contributed by atoms with Crippen LogP contribution in [0.15, 0.2) is 52.9 Å². The van der Waals surface area contributed by atoms with Gasteiger partial charge in [0.05, 0.1) is 18.4 Å². The fraction of sp³-hybridized carbons (Fsp3) is 0.105. The molecule has 0 radical (unpaired) electrons. The average Bonchev–Trinajstić information content (AvgIpc) is 3.09. The highest BCUT2D eigenvalue weighted by Crippen LogP contribution is 2.38. The van der Waals surface area contributed by atoms with Crippen molar-refractivity contribution in [3.63, 3.8) is 0 Å². The van der Waals surface area contributed by atoms with Gasteiger partial charge in [0.25, 0.3) is 5.91 Å². The predicted molar refractivity (Wildman–Crippen MR) is 113 cm³/mol. The Bertz CT molecular complexity index is 1010. The second kappa shape index (κ2) is 9.09. The maximum absolute atomic E-state index is 12.9. The summed E-state index contributed by atoms with van der Waals surface area (Å²) in [4.78, 5) is 28.5. The minimum atomic E-state index is -0.435. The molecule has 0 fully saturated rings. The summed E-state index contributed by atoms with van der Waals surface area (Å²) in [5.41, 5.74) is 7.00. The number of anilines is 1. The molecule has 0 atom stereocenters. The summed E-state index contributed by atoms with van der Waals surface area (Å²) in [7, 11) is 1.49. The fourth-order valence-corrected chi connectivity index (χ4v) is 4.37. The summed E-state index contributed by atoms with van der Waals surface area (Å²) in [5, 5.41) is 3.87. The molecule has 1 aromatic heterocycles. The molecule has 0 aliphatic rings. The number of amides is 2. The van der Waals surface area contributed by atoms with E-state index in [1.165, 1.54) is 30.2 Å². The highest BCUT2D eigenvalue weighted by atomic mass is 35.5. The van der Waals surface area contributed by atoms with Crippen LogP contribution in [0.3, 0.4) is 0 Å². The molecule has 0 saturated carbocycles. The number of thiazole rings is 1. The number of hydrogen-bond donors (Lipinski definition) is 2. The van der Waals surface area contributed by atoms with Crippen LogP contribution in [-0.2, 0) is 4.79 Å². The molecule has 6 nitrogen and oxygen atoms in total. The Morgan fingerprint density at radius 2 is 2.00 bits per heavy atom. The van der Waals surface area contributed by atoms with E-state index in [1.807, 2.05) is 30.3 Å². The lowest BCUT2D eigenvalue weighted by Gasteiger charge is -2.09. The highest BCUT2D eigenvalue weighted by molar-refractivity contribution is 8.01. The molecule has 0 bridgehead atoms. The Hall–Kier alpha value is -2.55. The summed E-state index contributed by atoms with van der Waals surface area (Å²) >= 11 is 8.53. The van der Waals surface area contributed by atoms with Gasteiger partial charge >= 0.3 is 0 Å². The SMILES string of the molecule is COc1ccc(Cl)cc1C(=O)Nc1sc(SCC(N)=O)nc1-c1ccccc1.